The van der Waals surface area contributed by atoms with Crippen LogP contribution < -0.4 is 10.1 Å². The Morgan fingerprint density at radius 1 is 1.12 bits per heavy atom. The first-order valence-corrected chi connectivity index (χ1v) is 10.6. The van der Waals surface area contributed by atoms with Gasteiger partial charge in [-0.05, 0) is 26.0 Å². The van der Waals surface area contributed by atoms with Crippen molar-refractivity contribution in [3.05, 3.63) is 36.0 Å². The van der Waals surface area contributed by atoms with Gasteiger partial charge >= 0.3 is 12.1 Å². The lowest BCUT2D eigenvalue weighted by Gasteiger charge is -2.34. The first-order valence-electron chi connectivity index (χ1n) is 10.6. The molecule has 1 aromatic heterocycles. The molecule has 3 rings (SSSR count). The van der Waals surface area contributed by atoms with E-state index >= 15 is 0 Å². The second-order valence-corrected chi connectivity index (χ2v) is 7.37. The third-order valence-corrected chi connectivity index (χ3v) is 5.12. The molecule has 0 bridgehead atoms. The van der Waals surface area contributed by atoms with Gasteiger partial charge in [0, 0.05) is 37.6 Å². The zero-order valence-electron chi connectivity index (χ0n) is 18.4. The number of nitrogens with zero attached hydrogens (tertiary/aromatic N) is 3. The zero-order chi connectivity index (χ0) is 24.0. The Hall–Kier alpha value is -3.89. The van der Waals surface area contributed by atoms with Gasteiger partial charge in [0.25, 0.3) is 5.91 Å². The fourth-order valence-electron chi connectivity index (χ4n) is 3.31. The summed E-state index contributed by atoms with van der Waals surface area (Å²) < 4.78 is 10.5. The molecule has 0 radical (unpaired) electrons. The Labute approximate surface area is 190 Å². The molecular weight excluding hydrogens is 432 g/mol. The number of hydrogen-bond acceptors (Lipinski definition) is 7. The number of carboxylic acid groups (broad SMARTS) is 1. The monoisotopic (exact) mass is 458 g/mol. The molecule has 2 N–H and O–H groups in total. The molecule has 2 heterocycles. The molecule has 1 atom stereocenters. The van der Waals surface area contributed by atoms with Crippen LogP contribution in [0.4, 0.5) is 4.79 Å². The molecule has 1 fully saturated rings. The number of aliphatic carboxylic acids is 1. The molecule has 3 amide bonds. The van der Waals surface area contributed by atoms with Gasteiger partial charge in [-0.1, -0.05) is 12.1 Å². The quantitative estimate of drug-likeness (QED) is 0.629. The molecule has 33 heavy (non-hydrogen) atoms. The Balaban J connectivity index is 1.63. The predicted molar refractivity (Wildman–Crippen MR) is 117 cm³/mol. The van der Waals surface area contributed by atoms with Crippen molar-refractivity contribution in [3.8, 4) is 5.75 Å². The number of fused-ring (bicyclic) bond motifs is 1. The van der Waals surface area contributed by atoms with E-state index in [-0.39, 0.29) is 30.5 Å². The Morgan fingerprint density at radius 2 is 1.79 bits per heavy atom. The lowest BCUT2D eigenvalue weighted by molar-refractivity contribution is -0.144. The molecule has 1 unspecified atom stereocenters. The summed E-state index contributed by atoms with van der Waals surface area (Å²) in [6.45, 7) is 4.55. The molecule has 1 aromatic carbocycles. The number of ether oxygens (including phenoxy) is 2. The number of hydrogen-bond donors (Lipinski definition) is 2. The molecule has 0 aliphatic carbocycles. The number of carboxylic acids is 1. The van der Waals surface area contributed by atoms with Crippen molar-refractivity contribution in [2.75, 3.05) is 39.3 Å². The maximum Gasteiger partial charge on any atom is 0.409 e. The van der Waals surface area contributed by atoms with Crippen LogP contribution in [0.5, 0.6) is 5.75 Å². The first kappa shape index (κ1) is 23.8. The number of amides is 3. The van der Waals surface area contributed by atoms with E-state index in [1.807, 2.05) is 0 Å². The number of carbonyl (C=O) groups is 4. The van der Waals surface area contributed by atoms with Crippen LogP contribution in [-0.2, 0) is 14.3 Å². The van der Waals surface area contributed by atoms with Crippen molar-refractivity contribution < 1.29 is 33.8 Å². The number of rotatable bonds is 7. The van der Waals surface area contributed by atoms with Crippen LogP contribution >= 0.6 is 0 Å². The summed E-state index contributed by atoms with van der Waals surface area (Å²) in [6.07, 6.45) is -1.53. The number of piperazine rings is 1. The molecule has 11 nitrogen and oxygen atoms in total. The maximum atomic E-state index is 12.7. The summed E-state index contributed by atoms with van der Waals surface area (Å²) in [5.74, 6) is -1.81. The third kappa shape index (κ3) is 5.88. The molecule has 11 heteroatoms. The number of para-hydroxylation sites is 1. The fourth-order valence-corrected chi connectivity index (χ4v) is 3.31. The predicted octanol–water partition coefficient (Wildman–Crippen LogP) is 1.12. The average molecular weight is 458 g/mol. The van der Waals surface area contributed by atoms with Crippen LogP contribution in [-0.4, -0.2) is 89.2 Å². The highest BCUT2D eigenvalue weighted by atomic mass is 16.6. The minimum Gasteiger partial charge on any atom is -0.479 e. The first-order chi connectivity index (χ1) is 15.8. The van der Waals surface area contributed by atoms with Gasteiger partial charge in [0.2, 0.25) is 5.91 Å². The lowest BCUT2D eigenvalue weighted by Crippen LogP contribution is -2.52. The largest absolute Gasteiger partial charge is 0.479 e. The van der Waals surface area contributed by atoms with E-state index in [1.54, 1.807) is 36.1 Å². The highest BCUT2D eigenvalue weighted by molar-refractivity contribution is 5.98. The van der Waals surface area contributed by atoms with Crippen LogP contribution in [0.1, 0.15) is 24.3 Å². The Morgan fingerprint density at radius 3 is 2.45 bits per heavy atom. The van der Waals surface area contributed by atoms with Gasteiger partial charge in [-0.2, -0.15) is 0 Å². The van der Waals surface area contributed by atoms with E-state index in [4.69, 9.17) is 14.6 Å². The number of aromatic nitrogens is 1. The van der Waals surface area contributed by atoms with Gasteiger partial charge in [0.05, 0.1) is 18.7 Å². The standard InChI is InChI=1S/C22H26N4O7/c1-3-32-22(31)26-10-8-25(9-11-26)19(27)13-23-20(28)17-12-18(33-14(2)21(29)30)15-6-4-5-7-16(15)24-17/h4-7,12,14H,3,8-11,13H2,1-2H3,(H,23,28)(H,29,30). The minimum absolute atomic E-state index is 0.00113. The highest BCUT2D eigenvalue weighted by Gasteiger charge is 2.25. The van der Waals surface area contributed by atoms with Gasteiger partial charge in [0.15, 0.2) is 6.10 Å². The fraction of sp³-hybridized carbons (Fsp3) is 0.409. The second-order valence-electron chi connectivity index (χ2n) is 7.37. The number of nitrogens with one attached hydrogen (secondary N) is 1. The van der Waals surface area contributed by atoms with Gasteiger partial charge in [0.1, 0.15) is 11.4 Å². The van der Waals surface area contributed by atoms with Crippen molar-refractivity contribution in [1.29, 1.82) is 0 Å². The van der Waals surface area contributed by atoms with Crippen LogP contribution in [0, 0.1) is 0 Å². The average Bonchev–Trinajstić information content (AvgIpc) is 2.82. The highest BCUT2D eigenvalue weighted by Crippen LogP contribution is 2.26. The summed E-state index contributed by atoms with van der Waals surface area (Å²) in [5, 5.41) is 12.3. The summed E-state index contributed by atoms with van der Waals surface area (Å²) in [6, 6.07) is 8.25. The van der Waals surface area contributed by atoms with E-state index in [9.17, 15) is 19.2 Å². The number of benzene rings is 1. The van der Waals surface area contributed by atoms with E-state index in [1.165, 1.54) is 17.9 Å². The summed E-state index contributed by atoms with van der Waals surface area (Å²) in [7, 11) is 0. The number of pyridine rings is 1. The van der Waals surface area contributed by atoms with Crippen molar-refractivity contribution in [3.63, 3.8) is 0 Å². The normalized spacial score (nSPS) is 14.5. The van der Waals surface area contributed by atoms with Gasteiger partial charge in [-0.15, -0.1) is 0 Å². The van der Waals surface area contributed by atoms with E-state index in [2.05, 4.69) is 10.3 Å². The summed E-state index contributed by atoms with van der Waals surface area (Å²) >= 11 is 0. The molecule has 176 valence electrons. The van der Waals surface area contributed by atoms with Crippen molar-refractivity contribution >= 4 is 34.8 Å². The molecule has 1 aliphatic heterocycles. The van der Waals surface area contributed by atoms with Gasteiger partial charge in [-0.3, -0.25) is 9.59 Å². The second kappa shape index (κ2) is 10.6. The third-order valence-electron chi connectivity index (χ3n) is 5.12. The SMILES string of the molecule is CCOC(=O)N1CCN(C(=O)CNC(=O)c2cc(OC(C)C(=O)O)c3ccccc3n2)CC1. The maximum absolute atomic E-state index is 12.7. The summed E-state index contributed by atoms with van der Waals surface area (Å²) in [4.78, 5) is 55.5. The van der Waals surface area contributed by atoms with E-state index in [0.29, 0.717) is 37.1 Å². The molecule has 2 aromatic rings. The van der Waals surface area contributed by atoms with Crippen LogP contribution in [0.2, 0.25) is 0 Å². The molecule has 1 saturated heterocycles. The summed E-state index contributed by atoms with van der Waals surface area (Å²) in [5.41, 5.74) is 0.459. The van der Waals surface area contributed by atoms with Crippen molar-refractivity contribution in [1.82, 2.24) is 20.1 Å². The molecule has 1 aliphatic rings. The molecule has 0 saturated carbocycles. The Kier molecular flexibility index (Phi) is 7.65. The molecule has 0 spiro atoms. The van der Waals surface area contributed by atoms with Gasteiger partial charge < -0.3 is 29.7 Å². The smallest absolute Gasteiger partial charge is 0.409 e. The van der Waals surface area contributed by atoms with Crippen molar-refractivity contribution in [2.24, 2.45) is 0 Å². The van der Waals surface area contributed by atoms with Crippen LogP contribution in [0.25, 0.3) is 10.9 Å². The molecular formula is C22H26N4O7. The van der Waals surface area contributed by atoms with Gasteiger partial charge in [-0.25, -0.2) is 14.6 Å². The van der Waals surface area contributed by atoms with E-state index in [0.717, 1.165) is 0 Å². The Bertz CT molecular complexity index is 1050. The number of carbonyl (C=O) groups excluding carboxylic acids is 3. The van der Waals surface area contributed by atoms with Crippen molar-refractivity contribution in [2.45, 2.75) is 20.0 Å². The lowest BCUT2D eigenvalue weighted by atomic mass is 10.1. The zero-order valence-corrected chi connectivity index (χ0v) is 18.4. The van der Waals surface area contributed by atoms with E-state index < -0.39 is 24.1 Å². The minimum atomic E-state index is -1.14. The van der Waals surface area contributed by atoms with Crippen LogP contribution in [0.3, 0.4) is 0 Å². The van der Waals surface area contributed by atoms with Crippen LogP contribution in [0.15, 0.2) is 30.3 Å². The topological polar surface area (TPSA) is 138 Å².